The van der Waals surface area contributed by atoms with E-state index in [9.17, 15) is 5.11 Å². The van der Waals surface area contributed by atoms with Crippen molar-refractivity contribution in [2.75, 3.05) is 34.4 Å². The second-order valence-corrected chi connectivity index (χ2v) is 5.37. The number of hydrogen-bond acceptors (Lipinski definition) is 5. The highest BCUT2D eigenvalue weighted by atomic mass is 16.5. The SMILES string of the molecule is COc1ccc(CN(C)C[C@@H]2C[C@@H](O)CN2)c(OC)c1. The fourth-order valence-electron chi connectivity index (χ4n) is 2.65. The van der Waals surface area contributed by atoms with Crippen molar-refractivity contribution in [3.63, 3.8) is 0 Å². The van der Waals surface area contributed by atoms with Crippen LogP contribution in [0.15, 0.2) is 18.2 Å². The van der Waals surface area contributed by atoms with Gasteiger partial charge in [0.25, 0.3) is 0 Å². The van der Waals surface area contributed by atoms with Crippen LogP contribution in [-0.4, -0.2) is 56.5 Å². The Morgan fingerprint density at radius 1 is 1.35 bits per heavy atom. The number of nitrogens with zero attached hydrogens (tertiary/aromatic N) is 1. The number of ether oxygens (including phenoxy) is 2. The smallest absolute Gasteiger partial charge is 0.127 e. The van der Waals surface area contributed by atoms with Gasteiger partial charge in [-0.25, -0.2) is 0 Å². The van der Waals surface area contributed by atoms with Crippen LogP contribution in [-0.2, 0) is 6.54 Å². The quantitative estimate of drug-likeness (QED) is 0.809. The maximum atomic E-state index is 9.53. The number of aliphatic hydroxyl groups excluding tert-OH is 1. The van der Waals surface area contributed by atoms with Crippen molar-refractivity contribution in [2.24, 2.45) is 0 Å². The van der Waals surface area contributed by atoms with Crippen LogP contribution in [0.25, 0.3) is 0 Å². The van der Waals surface area contributed by atoms with Crippen LogP contribution in [0, 0.1) is 0 Å². The summed E-state index contributed by atoms with van der Waals surface area (Å²) in [7, 11) is 5.40. The van der Waals surface area contributed by atoms with E-state index in [0.717, 1.165) is 36.6 Å². The molecule has 112 valence electrons. The van der Waals surface area contributed by atoms with E-state index in [-0.39, 0.29) is 6.10 Å². The van der Waals surface area contributed by atoms with Crippen LogP contribution < -0.4 is 14.8 Å². The molecule has 1 saturated heterocycles. The second-order valence-electron chi connectivity index (χ2n) is 5.37. The van der Waals surface area contributed by atoms with Crippen molar-refractivity contribution in [2.45, 2.75) is 25.1 Å². The molecule has 1 aromatic carbocycles. The van der Waals surface area contributed by atoms with E-state index < -0.39 is 0 Å². The normalized spacial score (nSPS) is 22.2. The molecule has 0 radical (unpaired) electrons. The first kappa shape index (κ1) is 15.1. The van der Waals surface area contributed by atoms with Crippen LogP contribution in [0.2, 0.25) is 0 Å². The molecule has 0 aromatic heterocycles. The third-order valence-corrected chi connectivity index (χ3v) is 3.67. The highest BCUT2D eigenvalue weighted by Gasteiger charge is 2.23. The largest absolute Gasteiger partial charge is 0.497 e. The summed E-state index contributed by atoms with van der Waals surface area (Å²) in [6.45, 7) is 2.41. The topological polar surface area (TPSA) is 54.0 Å². The van der Waals surface area contributed by atoms with Crippen LogP contribution in [0.4, 0.5) is 0 Å². The average Bonchev–Trinajstić information content (AvgIpc) is 2.84. The number of rotatable bonds is 6. The number of β-amino-alcohol motifs (C(OH)–C–C–N with tert-alkyl or cyclic N) is 1. The number of hydrogen-bond donors (Lipinski definition) is 2. The van der Waals surface area contributed by atoms with E-state index in [0.29, 0.717) is 12.6 Å². The van der Waals surface area contributed by atoms with E-state index in [1.54, 1.807) is 14.2 Å². The third kappa shape index (κ3) is 3.85. The Kier molecular flexibility index (Phi) is 5.23. The molecule has 0 aliphatic carbocycles. The summed E-state index contributed by atoms with van der Waals surface area (Å²) in [6.07, 6.45) is 0.619. The number of methoxy groups -OCH3 is 2. The van der Waals surface area contributed by atoms with Gasteiger partial charge >= 0.3 is 0 Å². The number of nitrogens with one attached hydrogen (secondary N) is 1. The Bertz CT molecular complexity index is 439. The van der Waals surface area contributed by atoms with Gasteiger partial charge in [0.05, 0.1) is 20.3 Å². The van der Waals surface area contributed by atoms with Crippen molar-refractivity contribution in [3.05, 3.63) is 23.8 Å². The molecule has 5 nitrogen and oxygen atoms in total. The molecule has 20 heavy (non-hydrogen) atoms. The lowest BCUT2D eigenvalue weighted by Crippen LogP contribution is -2.35. The zero-order chi connectivity index (χ0) is 14.5. The fourth-order valence-corrected chi connectivity index (χ4v) is 2.65. The maximum absolute atomic E-state index is 9.53. The lowest BCUT2D eigenvalue weighted by molar-refractivity contribution is 0.189. The third-order valence-electron chi connectivity index (χ3n) is 3.67. The minimum atomic E-state index is -0.205. The maximum Gasteiger partial charge on any atom is 0.127 e. The van der Waals surface area contributed by atoms with Gasteiger partial charge in [0.1, 0.15) is 11.5 Å². The number of benzene rings is 1. The monoisotopic (exact) mass is 280 g/mol. The summed E-state index contributed by atoms with van der Waals surface area (Å²) in [5.41, 5.74) is 1.13. The Hall–Kier alpha value is -1.30. The molecule has 5 heteroatoms. The molecule has 1 heterocycles. The minimum absolute atomic E-state index is 0.205. The number of aliphatic hydroxyl groups is 1. The molecule has 1 aliphatic heterocycles. The standard InChI is InChI=1S/C15H24N2O3/c1-17(10-12-6-13(18)8-16-12)9-11-4-5-14(19-2)7-15(11)20-3/h4-5,7,12-13,16,18H,6,8-10H2,1-3H3/t12-,13+/m0/s1. The van der Waals surface area contributed by atoms with E-state index in [1.807, 2.05) is 18.2 Å². The Morgan fingerprint density at radius 2 is 2.15 bits per heavy atom. The van der Waals surface area contributed by atoms with Gasteiger partial charge in [-0.1, -0.05) is 6.07 Å². The van der Waals surface area contributed by atoms with Crippen molar-refractivity contribution in [3.8, 4) is 11.5 Å². The summed E-state index contributed by atoms with van der Waals surface area (Å²) in [5.74, 6) is 1.64. The molecule has 1 aromatic rings. The summed E-state index contributed by atoms with van der Waals surface area (Å²) in [5, 5.41) is 12.9. The van der Waals surface area contributed by atoms with Crippen LogP contribution >= 0.6 is 0 Å². The molecule has 0 bridgehead atoms. The molecular weight excluding hydrogens is 256 g/mol. The van der Waals surface area contributed by atoms with Crippen LogP contribution in [0.3, 0.4) is 0 Å². The molecular formula is C15H24N2O3. The van der Waals surface area contributed by atoms with E-state index >= 15 is 0 Å². The highest BCUT2D eigenvalue weighted by Crippen LogP contribution is 2.25. The van der Waals surface area contributed by atoms with Crippen molar-refractivity contribution < 1.29 is 14.6 Å². The summed E-state index contributed by atoms with van der Waals surface area (Å²) in [6, 6.07) is 6.24. The molecule has 0 saturated carbocycles. The lowest BCUT2D eigenvalue weighted by atomic mass is 10.1. The summed E-state index contributed by atoms with van der Waals surface area (Å²) < 4.78 is 10.6. The van der Waals surface area contributed by atoms with Gasteiger partial charge in [0.15, 0.2) is 0 Å². The van der Waals surface area contributed by atoms with Gasteiger partial charge in [0, 0.05) is 37.3 Å². The molecule has 0 amide bonds. The lowest BCUT2D eigenvalue weighted by Gasteiger charge is -2.22. The van der Waals surface area contributed by atoms with Gasteiger partial charge < -0.3 is 24.8 Å². The Balaban J connectivity index is 1.94. The average molecular weight is 280 g/mol. The van der Waals surface area contributed by atoms with Crippen molar-refractivity contribution in [1.29, 1.82) is 0 Å². The first-order valence-electron chi connectivity index (χ1n) is 6.93. The molecule has 0 unspecified atom stereocenters. The number of likely N-dealkylation sites (N-methyl/N-ethyl adjacent to an activating group) is 1. The molecule has 1 fully saturated rings. The van der Waals surface area contributed by atoms with E-state index in [1.165, 1.54) is 0 Å². The van der Waals surface area contributed by atoms with Crippen LogP contribution in [0.5, 0.6) is 11.5 Å². The Morgan fingerprint density at radius 3 is 2.75 bits per heavy atom. The molecule has 2 rings (SSSR count). The van der Waals surface area contributed by atoms with E-state index in [2.05, 4.69) is 17.3 Å². The summed E-state index contributed by atoms with van der Waals surface area (Å²) in [4.78, 5) is 2.24. The van der Waals surface area contributed by atoms with Crippen molar-refractivity contribution >= 4 is 0 Å². The molecule has 1 aliphatic rings. The first-order chi connectivity index (χ1) is 9.62. The van der Waals surface area contributed by atoms with Gasteiger partial charge in [-0.2, -0.15) is 0 Å². The van der Waals surface area contributed by atoms with Gasteiger partial charge in [-0.05, 0) is 19.5 Å². The first-order valence-corrected chi connectivity index (χ1v) is 6.93. The Labute approximate surface area is 120 Å². The zero-order valence-corrected chi connectivity index (χ0v) is 12.4. The van der Waals surface area contributed by atoms with Gasteiger partial charge in [-0.3, -0.25) is 0 Å². The molecule has 0 spiro atoms. The van der Waals surface area contributed by atoms with Gasteiger partial charge in [0.2, 0.25) is 0 Å². The fraction of sp³-hybridized carbons (Fsp3) is 0.600. The molecule has 2 atom stereocenters. The van der Waals surface area contributed by atoms with E-state index in [4.69, 9.17) is 9.47 Å². The zero-order valence-electron chi connectivity index (χ0n) is 12.4. The summed E-state index contributed by atoms with van der Waals surface area (Å²) >= 11 is 0. The van der Waals surface area contributed by atoms with Gasteiger partial charge in [-0.15, -0.1) is 0 Å². The molecule has 2 N–H and O–H groups in total. The predicted octanol–water partition coefficient (Wildman–Crippen LogP) is 0.858. The highest BCUT2D eigenvalue weighted by molar-refractivity contribution is 5.40. The second kappa shape index (κ2) is 6.92. The van der Waals surface area contributed by atoms with Crippen molar-refractivity contribution in [1.82, 2.24) is 10.2 Å². The predicted molar refractivity (Wildman–Crippen MR) is 78.3 cm³/mol. The van der Waals surface area contributed by atoms with Crippen LogP contribution in [0.1, 0.15) is 12.0 Å². The minimum Gasteiger partial charge on any atom is -0.497 e.